The smallest absolute Gasteiger partial charge is 0 e. The summed E-state index contributed by atoms with van der Waals surface area (Å²) in [4.78, 5) is 0. The van der Waals surface area contributed by atoms with Gasteiger partial charge in [0.1, 0.15) is 0 Å². The van der Waals surface area contributed by atoms with Gasteiger partial charge in [0.05, 0.1) is 0 Å². The Morgan fingerprint density at radius 3 is 0.667 bits per heavy atom. The molecule has 0 saturated carbocycles. The zero-order chi connectivity index (χ0) is 0. The molecule has 0 heterocycles. The summed E-state index contributed by atoms with van der Waals surface area (Å²) in [5, 5.41) is 0. The van der Waals surface area contributed by atoms with Crippen molar-refractivity contribution in [2.45, 2.75) is 0 Å². The van der Waals surface area contributed by atoms with Crippen LogP contribution in [-0.2, 0) is 67.1 Å². The minimum atomic E-state index is 0. The third-order valence-electron chi connectivity index (χ3n) is 0. The zero-order valence-corrected chi connectivity index (χ0v) is 7.61. The van der Waals surface area contributed by atoms with Gasteiger partial charge < -0.3 is 0 Å². The second-order valence-electron chi connectivity index (χ2n) is 0. The molecule has 5 radical (unpaired) electrons. The first-order valence-electron chi connectivity index (χ1n) is 0. The van der Waals surface area contributed by atoms with Gasteiger partial charge in [0.2, 0.25) is 0 Å². The maximum Gasteiger partial charge on any atom is 0 e. The van der Waals surface area contributed by atoms with E-state index in [9.17, 15) is 0 Å². The summed E-state index contributed by atoms with van der Waals surface area (Å²) in [6.45, 7) is 0. The van der Waals surface area contributed by atoms with E-state index in [1.165, 1.54) is 0 Å². The Bertz CT molecular complexity index is 11.5. The van der Waals surface area contributed by atoms with Gasteiger partial charge >= 0.3 is 0 Å². The van der Waals surface area contributed by atoms with Gasteiger partial charge in [0.25, 0.3) is 0 Å². The Morgan fingerprint density at radius 2 is 0.667 bits per heavy atom. The van der Waals surface area contributed by atoms with Crippen molar-refractivity contribution >= 4 is 37.7 Å². The number of hydrogen-bond donors (Lipinski definition) is 0. The molecule has 0 aromatic carbocycles. The molecular formula is Co2Li2MnNi. The average molecular weight is 245 g/mol. The molecule has 6 heavy (non-hydrogen) atoms. The van der Waals surface area contributed by atoms with E-state index in [1.54, 1.807) is 0 Å². The van der Waals surface area contributed by atoms with Crippen LogP contribution in [0.5, 0.6) is 0 Å². The number of rotatable bonds is 0. The van der Waals surface area contributed by atoms with E-state index in [2.05, 4.69) is 0 Å². The van der Waals surface area contributed by atoms with Gasteiger partial charge in [0, 0.05) is 105 Å². The minimum absolute atomic E-state index is 0. The van der Waals surface area contributed by atoms with Crippen molar-refractivity contribution in [3.05, 3.63) is 0 Å². The Labute approximate surface area is 103 Å². The molecule has 6 heteroatoms. The first kappa shape index (κ1) is 60.1. The Morgan fingerprint density at radius 1 is 0.667 bits per heavy atom. The van der Waals surface area contributed by atoms with Crippen LogP contribution >= 0.6 is 0 Å². The molecule has 0 rings (SSSR count). The maximum absolute atomic E-state index is 0. The molecule has 0 N–H and O–H groups in total. The molecule has 0 aromatic heterocycles. The summed E-state index contributed by atoms with van der Waals surface area (Å²) in [7, 11) is 0. The molecule has 0 fully saturated rings. The van der Waals surface area contributed by atoms with Crippen LogP contribution in [0, 0.1) is 0 Å². The molecule has 0 aliphatic carbocycles. The van der Waals surface area contributed by atoms with E-state index in [1.807, 2.05) is 0 Å². The molecule has 0 amide bonds. The summed E-state index contributed by atoms with van der Waals surface area (Å²) >= 11 is 0. The van der Waals surface area contributed by atoms with Crippen LogP contribution in [0.25, 0.3) is 0 Å². The Balaban J connectivity index is 0. The van der Waals surface area contributed by atoms with Crippen molar-refractivity contribution in [2.24, 2.45) is 0 Å². The summed E-state index contributed by atoms with van der Waals surface area (Å²) in [5.41, 5.74) is 0. The van der Waals surface area contributed by atoms with Gasteiger partial charge in [-0.3, -0.25) is 0 Å². The summed E-state index contributed by atoms with van der Waals surface area (Å²) in [6.07, 6.45) is 0. The first-order valence-corrected chi connectivity index (χ1v) is 0. The summed E-state index contributed by atoms with van der Waals surface area (Å²) in [5.74, 6) is 0. The second kappa shape index (κ2) is 41.3. The molecule has 0 aromatic rings. The monoisotopic (exact) mass is 245 g/mol. The molecule has 0 bridgehead atoms. The van der Waals surface area contributed by atoms with Crippen molar-refractivity contribution in [3.8, 4) is 0 Å². The third kappa shape index (κ3) is 26.9. The molecule has 0 nitrogen and oxygen atoms in total. The molecule has 0 unspecified atom stereocenters. The molecular weight excluding hydrogens is 245 g/mol. The predicted octanol–water partition coefficient (Wildman–Crippen LogP) is -0.772. The number of hydrogen-bond acceptors (Lipinski definition) is 0. The summed E-state index contributed by atoms with van der Waals surface area (Å²) in [6, 6.07) is 0. The zero-order valence-electron chi connectivity index (χ0n) is 3.36. The second-order valence-corrected chi connectivity index (χ2v) is 0. The first-order chi connectivity index (χ1) is 0. The van der Waals surface area contributed by atoms with Gasteiger partial charge in [-0.05, 0) is 0 Å². The molecule has 37 valence electrons. The normalized spacial score (nSPS) is 0. The molecule has 0 aliphatic rings. The summed E-state index contributed by atoms with van der Waals surface area (Å²) < 4.78 is 0. The maximum atomic E-state index is 0. The van der Waals surface area contributed by atoms with Crippen LogP contribution < -0.4 is 0 Å². The topological polar surface area (TPSA) is 0 Å². The van der Waals surface area contributed by atoms with Crippen LogP contribution in [0.3, 0.4) is 0 Å². The van der Waals surface area contributed by atoms with Crippen LogP contribution in [0.2, 0.25) is 0 Å². The molecule has 0 atom stereocenters. The van der Waals surface area contributed by atoms with Crippen molar-refractivity contribution in [2.75, 3.05) is 0 Å². The van der Waals surface area contributed by atoms with Crippen molar-refractivity contribution < 1.29 is 67.1 Å². The SMILES string of the molecule is [Co].[Co].[Li].[Li].[Mn].[Ni]. The largest absolute Gasteiger partial charge is 0 e. The fourth-order valence-corrected chi connectivity index (χ4v) is 0. The van der Waals surface area contributed by atoms with Crippen molar-refractivity contribution in [1.29, 1.82) is 0 Å². The molecule has 0 saturated heterocycles. The van der Waals surface area contributed by atoms with E-state index in [-0.39, 0.29) is 105 Å². The Kier molecular flexibility index (Phi) is 414. The van der Waals surface area contributed by atoms with E-state index in [0.717, 1.165) is 0 Å². The molecule has 0 spiro atoms. The third-order valence-corrected chi connectivity index (χ3v) is 0. The van der Waals surface area contributed by atoms with Crippen LogP contribution in [0.1, 0.15) is 0 Å². The van der Waals surface area contributed by atoms with Gasteiger partial charge in [-0.1, -0.05) is 0 Å². The van der Waals surface area contributed by atoms with E-state index >= 15 is 0 Å². The van der Waals surface area contributed by atoms with E-state index in [0.29, 0.717) is 0 Å². The van der Waals surface area contributed by atoms with Crippen LogP contribution in [0.15, 0.2) is 0 Å². The van der Waals surface area contributed by atoms with Gasteiger partial charge in [-0.2, -0.15) is 0 Å². The van der Waals surface area contributed by atoms with E-state index < -0.39 is 0 Å². The van der Waals surface area contributed by atoms with Crippen LogP contribution in [0.4, 0.5) is 0 Å². The average Bonchev–Trinajstić information content (AvgIpc) is 0. The van der Waals surface area contributed by atoms with Gasteiger partial charge in [-0.15, -0.1) is 0 Å². The quantitative estimate of drug-likeness (QED) is 0.492. The van der Waals surface area contributed by atoms with E-state index in [4.69, 9.17) is 0 Å². The standard InChI is InChI=1S/2Co.2Li.Mn.Ni. The van der Waals surface area contributed by atoms with Crippen molar-refractivity contribution in [1.82, 2.24) is 0 Å². The van der Waals surface area contributed by atoms with Gasteiger partial charge in [0.15, 0.2) is 0 Å². The van der Waals surface area contributed by atoms with Crippen LogP contribution in [-0.4, -0.2) is 37.7 Å². The fourth-order valence-electron chi connectivity index (χ4n) is 0. The predicted molar refractivity (Wildman–Crippen MR) is 11.5 cm³/mol. The minimum Gasteiger partial charge on any atom is 0 e. The molecule has 0 aliphatic heterocycles. The van der Waals surface area contributed by atoms with Crippen molar-refractivity contribution in [3.63, 3.8) is 0 Å². The van der Waals surface area contributed by atoms with Gasteiger partial charge in [-0.25, -0.2) is 0 Å². The Hall–Kier alpha value is 3.22. The fraction of sp³-hybridized carbons (Fsp3) is 0.